The summed E-state index contributed by atoms with van der Waals surface area (Å²) in [5.74, 6) is -0.383. The van der Waals surface area contributed by atoms with E-state index in [4.69, 9.17) is 4.74 Å². The van der Waals surface area contributed by atoms with Crippen molar-refractivity contribution in [2.75, 3.05) is 20.2 Å². The standard InChI is InChI=1S/C12H21NO3/c1-12(11(14)15,9-5-6-9)13(2)8-10-4-3-7-16-10/h9-10H,3-8H2,1-2H3,(H,14,15). The van der Waals surface area contributed by atoms with Gasteiger partial charge in [0.2, 0.25) is 0 Å². The first-order valence-corrected chi connectivity index (χ1v) is 6.11. The van der Waals surface area contributed by atoms with Gasteiger partial charge in [0.15, 0.2) is 0 Å². The van der Waals surface area contributed by atoms with Crippen molar-refractivity contribution < 1.29 is 14.6 Å². The number of carboxylic acid groups (broad SMARTS) is 1. The van der Waals surface area contributed by atoms with Crippen molar-refractivity contribution in [2.24, 2.45) is 5.92 Å². The Balaban J connectivity index is 1.99. The Morgan fingerprint density at radius 2 is 2.19 bits per heavy atom. The van der Waals surface area contributed by atoms with Gasteiger partial charge >= 0.3 is 5.97 Å². The van der Waals surface area contributed by atoms with Gasteiger partial charge < -0.3 is 9.84 Å². The summed E-state index contributed by atoms with van der Waals surface area (Å²) < 4.78 is 5.56. The van der Waals surface area contributed by atoms with Gasteiger partial charge in [-0.15, -0.1) is 0 Å². The summed E-state index contributed by atoms with van der Waals surface area (Å²) in [7, 11) is 1.91. The van der Waals surface area contributed by atoms with E-state index in [-0.39, 0.29) is 6.10 Å². The van der Waals surface area contributed by atoms with E-state index in [2.05, 4.69) is 0 Å². The topological polar surface area (TPSA) is 49.8 Å². The monoisotopic (exact) mass is 227 g/mol. The molecule has 2 fully saturated rings. The number of carbonyl (C=O) groups is 1. The highest BCUT2D eigenvalue weighted by molar-refractivity contribution is 5.79. The largest absolute Gasteiger partial charge is 0.480 e. The van der Waals surface area contributed by atoms with E-state index < -0.39 is 11.5 Å². The minimum absolute atomic E-state index is 0.224. The Hall–Kier alpha value is -0.610. The van der Waals surface area contributed by atoms with Gasteiger partial charge in [0.25, 0.3) is 0 Å². The van der Waals surface area contributed by atoms with Gasteiger partial charge in [-0.1, -0.05) is 0 Å². The summed E-state index contributed by atoms with van der Waals surface area (Å²) >= 11 is 0. The van der Waals surface area contributed by atoms with Crippen molar-refractivity contribution in [2.45, 2.75) is 44.2 Å². The quantitative estimate of drug-likeness (QED) is 0.770. The Kier molecular flexibility index (Phi) is 3.22. The number of aliphatic carboxylic acids is 1. The van der Waals surface area contributed by atoms with Crippen LogP contribution in [0.1, 0.15) is 32.6 Å². The highest BCUT2D eigenvalue weighted by Gasteiger charge is 2.50. The highest BCUT2D eigenvalue weighted by atomic mass is 16.5. The molecule has 0 bridgehead atoms. The third-order valence-electron chi connectivity index (χ3n) is 4.10. The van der Waals surface area contributed by atoms with Crippen LogP contribution in [-0.4, -0.2) is 47.8 Å². The Morgan fingerprint density at radius 1 is 1.50 bits per heavy atom. The van der Waals surface area contributed by atoms with Crippen LogP contribution in [0, 0.1) is 5.92 Å². The van der Waals surface area contributed by atoms with Crippen molar-refractivity contribution in [1.82, 2.24) is 4.90 Å². The molecular formula is C12H21NO3. The molecule has 0 spiro atoms. The van der Waals surface area contributed by atoms with Crippen LogP contribution in [0.15, 0.2) is 0 Å². The van der Waals surface area contributed by atoms with E-state index in [1.54, 1.807) is 0 Å². The van der Waals surface area contributed by atoms with Gasteiger partial charge in [-0.2, -0.15) is 0 Å². The molecule has 4 nitrogen and oxygen atoms in total. The van der Waals surface area contributed by atoms with Gasteiger partial charge in [0, 0.05) is 13.2 Å². The second kappa shape index (κ2) is 4.34. The molecule has 0 radical (unpaired) electrons. The molecule has 1 saturated carbocycles. The smallest absolute Gasteiger partial charge is 0.324 e. The van der Waals surface area contributed by atoms with Crippen molar-refractivity contribution in [3.8, 4) is 0 Å². The van der Waals surface area contributed by atoms with Crippen LogP contribution < -0.4 is 0 Å². The van der Waals surface area contributed by atoms with Crippen LogP contribution in [0.5, 0.6) is 0 Å². The van der Waals surface area contributed by atoms with Gasteiger partial charge in [-0.05, 0) is 45.6 Å². The normalized spacial score (nSPS) is 29.3. The van der Waals surface area contributed by atoms with Gasteiger partial charge in [0.1, 0.15) is 5.54 Å². The first-order chi connectivity index (χ1) is 7.55. The predicted octanol–water partition coefficient (Wildman–Crippen LogP) is 1.35. The molecule has 2 atom stereocenters. The van der Waals surface area contributed by atoms with Crippen molar-refractivity contribution in [3.63, 3.8) is 0 Å². The molecule has 16 heavy (non-hydrogen) atoms. The van der Waals surface area contributed by atoms with E-state index in [1.807, 2.05) is 18.9 Å². The average molecular weight is 227 g/mol. The van der Waals surface area contributed by atoms with E-state index in [0.717, 1.165) is 38.8 Å². The Morgan fingerprint density at radius 3 is 2.62 bits per heavy atom. The number of hydrogen-bond donors (Lipinski definition) is 1. The number of rotatable bonds is 5. The summed E-state index contributed by atoms with van der Waals surface area (Å²) in [6.07, 6.45) is 4.47. The lowest BCUT2D eigenvalue weighted by Crippen LogP contribution is -2.54. The Labute approximate surface area is 96.6 Å². The zero-order valence-electron chi connectivity index (χ0n) is 10.1. The van der Waals surface area contributed by atoms with E-state index >= 15 is 0 Å². The van der Waals surface area contributed by atoms with Crippen LogP contribution in [0.3, 0.4) is 0 Å². The minimum atomic E-state index is -0.702. The molecule has 2 unspecified atom stereocenters. The van der Waals surface area contributed by atoms with Crippen LogP contribution in [0.2, 0.25) is 0 Å². The second-order valence-electron chi connectivity index (χ2n) is 5.24. The van der Waals surface area contributed by atoms with Crippen LogP contribution in [0.4, 0.5) is 0 Å². The molecule has 4 heteroatoms. The van der Waals surface area contributed by atoms with Crippen LogP contribution >= 0.6 is 0 Å². The molecule has 1 saturated heterocycles. The first kappa shape index (κ1) is 11.9. The maximum atomic E-state index is 11.4. The lowest BCUT2D eigenvalue weighted by molar-refractivity contribution is -0.152. The lowest BCUT2D eigenvalue weighted by atomic mass is 9.93. The van der Waals surface area contributed by atoms with Crippen molar-refractivity contribution >= 4 is 5.97 Å². The summed E-state index contributed by atoms with van der Waals surface area (Å²) in [4.78, 5) is 13.4. The van der Waals surface area contributed by atoms with Crippen LogP contribution in [0.25, 0.3) is 0 Å². The average Bonchev–Trinajstić information content (AvgIpc) is 2.97. The second-order valence-corrected chi connectivity index (χ2v) is 5.24. The van der Waals surface area contributed by atoms with Gasteiger partial charge in [-0.3, -0.25) is 9.69 Å². The number of nitrogens with zero attached hydrogens (tertiary/aromatic N) is 1. The predicted molar refractivity (Wildman–Crippen MR) is 60.4 cm³/mol. The number of likely N-dealkylation sites (N-methyl/N-ethyl adjacent to an activating group) is 1. The molecule has 2 rings (SSSR count). The SMILES string of the molecule is CN(CC1CCCO1)C(C)(C(=O)O)C1CC1. The van der Waals surface area contributed by atoms with Crippen molar-refractivity contribution in [3.05, 3.63) is 0 Å². The lowest BCUT2D eigenvalue weighted by Gasteiger charge is -2.36. The third kappa shape index (κ3) is 2.09. The van der Waals surface area contributed by atoms with E-state index in [1.165, 1.54) is 0 Å². The zero-order valence-corrected chi connectivity index (χ0v) is 10.1. The third-order valence-corrected chi connectivity index (χ3v) is 4.10. The molecular weight excluding hydrogens is 206 g/mol. The van der Waals surface area contributed by atoms with E-state index in [9.17, 15) is 9.90 Å². The molecule has 1 aliphatic carbocycles. The molecule has 0 amide bonds. The molecule has 1 heterocycles. The van der Waals surface area contributed by atoms with Crippen molar-refractivity contribution in [1.29, 1.82) is 0 Å². The molecule has 1 aliphatic heterocycles. The fraction of sp³-hybridized carbons (Fsp3) is 0.917. The fourth-order valence-corrected chi connectivity index (χ4v) is 2.58. The van der Waals surface area contributed by atoms with E-state index in [0.29, 0.717) is 5.92 Å². The summed E-state index contributed by atoms with van der Waals surface area (Å²) in [6.45, 7) is 3.41. The molecule has 2 aliphatic rings. The van der Waals surface area contributed by atoms with Gasteiger partial charge in [0.05, 0.1) is 6.10 Å². The minimum Gasteiger partial charge on any atom is -0.480 e. The number of ether oxygens (including phenoxy) is 1. The number of carboxylic acids is 1. The molecule has 1 N–H and O–H groups in total. The molecule has 0 aromatic heterocycles. The Bertz CT molecular complexity index is 271. The fourth-order valence-electron chi connectivity index (χ4n) is 2.58. The van der Waals surface area contributed by atoms with Gasteiger partial charge in [-0.25, -0.2) is 0 Å². The first-order valence-electron chi connectivity index (χ1n) is 6.11. The highest BCUT2D eigenvalue weighted by Crippen LogP contribution is 2.43. The maximum Gasteiger partial charge on any atom is 0.324 e. The summed E-state index contributed by atoms with van der Waals surface area (Å²) in [5.41, 5.74) is -0.702. The number of hydrogen-bond acceptors (Lipinski definition) is 3. The molecule has 0 aromatic rings. The maximum absolute atomic E-state index is 11.4. The summed E-state index contributed by atoms with van der Waals surface area (Å²) in [5, 5.41) is 9.40. The molecule has 92 valence electrons. The summed E-state index contributed by atoms with van der Waals surface area (Å²) in [6, 6.07) is 0. The van der Waals surface area contributed by atoms with Crippen LogP contribution in [-0.2, 0) is 9.53 Å². The zero-order chi connectivity index (χ0) is 11.8. The molecule has 0 aromatic carbocycles.